The molecule has 1 N–H and O–H groups in total. The number of hydrogen-bond acceptors (Lipinski definition) is 4. The molecule has 2 amide bonds. The molecule has 1 aromatic carbocycles. The Morgan fingerprint density at radius 3 is 2.71 bits per heavy atom. The largest absolute Gasteiger partial charge is 0.378 e. The number of amides is 2. The van der Waals surface area contributed by atoms with Crippen LogP contribution in [0.1, 0.15) is 16.8 Å². The predicted octanol–water partition coefficient (Wildman–Crippen LogP) is 2.61. The van der Waals surface area contributed by atoms with Crippen LogP contribution in [0, 0.1) is 12.8 Å². The molecule has 0 atom stereocenters. The molecule has 6 nitrogen and oxygen atoms in total. The van der Waals surface area contributed by atoms with E-state index in [9.17, 15) is 4.79 Å². The van der Waals surface area contributed by atoms with Gasteiger partial charge in [0.25, 0.3) is 0 Å². The molecule has 148 valence electrons. The van der Waals surface area contributed by atoms with Crippen LogP contribution in [0.3, 0.4) is 0 Å². The number of aryl methyl sites for hydroxylation is 1. The molecule has 2 saturated heterocycles. The third-order valence-corrected chi connectivity index (χ3v) is 5.56. The van der Waals surface area contributed by atoms with E-state index in [1.807, 2.05) is 23.1 Å². The third kappa shape index (κ3) is 4.44. The molecular formula is C22H28N4O2. The zero-order chi connectivity index (χ0) is 19.3. The number of pyridine rings is 1. The molecule has 0 unspecified atom stereocenters. The first kappa shape index (κ1) is 18.7. The second-order valence-electron chi connectivity index (χ2n) is 7.65. The molecule has 3 heterocycles. The number of carbonyl (C=O) groups excluding carboxylic acids is 1. The van der Waals surface area contributed by atoms with E-state index < -0.39 is 0 Å². The summed E-state index contributed by atoms with van der Waals surface area (Å²) in [5.41, 5.74) is 3.60. The first-order valence-electron chi connectivity index (χ1n) is 10.0. The van der Waals surface area contributed by atoms with Crippen molar-refractivity contribution in [1.82, 2.24) is 15.2 Å². The van der Waals surface area contributed by atoms with Crippen molar-refractivity contribution in [3.63, 3.8) is 0 Å². The molecule has 6 heteroatoms. The number of morpholine rings is 1. The number of likely N-dealkylation sites (tertiary alicyclic amines) is 1. The van der Waals surface area contributed by atoms with Crippen molar-refractivity contribution in [2.24, 2.45) is 5.92 Å². The number of ether oxygens (including phenoxy) is 1. The summed E-state index contributed by atoms with van der Waals surface area (Å²) in [5, 5.41) is 3.01. The number of rotatable bonds is 5. The van der Waals surface area contributed by atoms with E-state index in [2.05, 4.69) is 46.4 Å². The van der Waals surface area contributed by atoms with E-state index in [1.54, 1.807) is 0 Å². The highest BCUT2D eigenvalue weighted by atomic mass is 16.5. The minimum Gasteiger partial charge on any atom is -0.378 e. The number of nitrogens with zero attached hydrogens (tertiary/aromatic N) is 3. The second-order valence-corrected chi connectivity index (χ2v) is 7.65. The maximum Gasteiger partial charge on any atom is 0.317 e. The van der Waals surface area contributed by atoms with E-state index in [-0.39, 0.29) is 6.03 Å². The van der Waals surface area contributed by atoms with Crippen molar-refractivity contribution in [1.29, 1.82) is 0 Å². The Labute approximate surface area is 166 Å². The maximum atomic E-state index is 12.4. The van der Waals surface area contributed by atoms with Gasteiger partial charge in [-0.05, 0) is 42.5 Å². The number of aromatic nitrogens is 1. The fourth-order valence-electron chi connectivity index (χ4n) is 3.83. The van der Waals surface area contributed by atoms with Crippen LogP contribution in [-0.2, 0) is 17.7 Å². The Bertz CT molecular complexity index is 814. The topological polar surface area (TPSA) is 57.7 Å². The Hall–Kier alpha value is -2.60. The highest BCUT2D eigenvalue weighted by molar-refractivity contribution is 5.75. The van der Waals surface area contributed by atoms with Gasteiger partial charge in [-0.1, -0.05) is 30.3 Å². The Kier molecular flexibility index (Phi) is 5.76. The summed E-state index contributed by atoms with van der Waals surface area (Å²) >= 11 is 0. The zero-order valence-electron chi connectivity index (χ0n) is 16.4. The van der Waals surface area contributed by atoms with E-state index in [4.69, 9.17) is 4.74 Å². The Morgan fingerprint density at radius 2 is 1.93 bits per heavy atom. The summed E-state index contributed by atoms with van der Waals surface area (Å²) in [4.78, 5) is 21.2. The molecule has 2 aromatic rings. The molecule has 0 spiro atoms. The zero-order valence-corrected chi connectivity index (χ0v) is 16.4. The molecule has 4 rings (SSSR count). The van der Waals surface area contributed by atoms with E-state index in [0.29, 0.717) is 12.5 Å². The normalized spacial score (nSPS) is 17.3. The van der Waals surface area contributed by atoms with Gasteiger partial charge in [-0.25, -0.2) is 9.78 Å². The summed E-state index contributed by atoms with van der Waals surface area (Å²) in [5.74, 6) is 1.51. The van der Waals surface area contributed by atoms with Crippen LogP contribution >= 0.6 is 0 Å². The lowest BCUT2D eigenvalue weighted by molar-refractivity contribution is 0.120. The van der Waals surface area contributed by atoms with E-state index in [0.717, 1.165) is 57.3 Å². The highest BCUT2D eigenvalue weighted by Crippen LogP contribution is 2.22. The van der Waals surface area contributed by atoms with Gasteiger partial charge in [0, 0.05) is 26.2 Å². The van der Waals surface area contributed by atoms with Gasteiger partial charge in [-0.3, -0.25) is 0 Å². The minimum atomic E-state index is -0.000362. The Balaban J connectivity index is 1.24. The summed E-state index contributed by atoms with van der Waals surface area (Å²) < 4.78 is 5.40. The van der Waals surface area contributed by atoms with Crippen LogP contribution in [0.2, 0.25) is 0 Å². The van der Waals surface area contributed by atoms with Crippen LogP contribution in [0.15, 0.2) is 42.5 Å². The van der Waals surface area contributed by atoms with Crippen LogP contribution in [0.25, 0.3) is 0 Å². The van der Waals surface area contributed by atoms with Gasteiger partial charge in [0.05, 0.1) is 25.5 Å². The average molecular weight is 380 g/mol. The number of urea groups is 1. The molecule has 28 heavy (non-hydrogen) atoms. The van der Waals surface area contributed by atoms with Crippen LogP contribution < -0.4 is 10.2 Å². The van der Waals surface area contributed by atoms with Gasteiger partial charge in [0.2, 0.25) is 0 Å². The molecule has 0 aliphatic carbocycles. The number of anilines is 1. The molecule has 0 radical (unpaired) electrons. The fourth-order valence-corrected chi connectivity index (χ4v) is 3.83. The van der Waals surface area contributed by atoms with Crippen molar-refractivity contribution in [3.05, 3.63) is 59.3 Å². The van der Waals surface area contributed by atoms with Crippen LogP contribution in [-0.4, -0.2) is 55.3 Å². The lowest BCUT2D eigenvalue weighted by atomic mass is 9.90. The average Bonchev–Trinajstić information content (AvgIpc) is 2.71. The van der Waals surface area contributed by atoms with Crippen molar-refractivity contribution < 1.29 is 9.53 Å². The quantitative estimate of drug-likeness (QED) is 0.866. The standard InChI is InChI=1S/C22H28N4O2/c1-17-5-2-3-6-19(17)13-18-15-26(16-18)22(27)23-14-20-7-4-8-21(24-20)25-9-11-28-12-10-25/h2-8,18H,9-16H2,1H3,(H,23,27). The molecular weight excluding hydrogens is 352 g/mol. The van der Waals surface area contributed by atoms with Gasteiger partial charge < -0.3 is 19.9 Å². The number of hydrogen-bond donors (Lipinski definition) is 1. The lowest BCUT2D eigenvalue weighted by Crippen LogP contribution is -2.54. The number of nitrogens with one attached hydrogen (secondary N) is 1. The smallest absolute Gasteiger partial charge is 0.317 e. The highest BCUT2D eigenvalue weighted by Gasteiger charge is 2.30. The van der Waals surface area contributed by atoms with Crippen LogP contribution in [0.4, 0.5) is 10.6 Å². The lowest BCUT2D eigenvalue weighted by Gasteiger charge is -2.39. The van der Waals surface area contributed by atoms with E-state index >= 15 is 0 Å². The summed E-state index contributed by atoms with van der Waals surface area (Å²) in [7, 11) is 0. The predicted molar refractivity (Wildman–Crippen MR) is 109 cm³/mol. The second kappa shape index (κ2) is 8.61. The maximum absolute atomic E-state index is 12.4. The van der Waals surface area contributed by atoms with Crippen molar-refractivity contribution in [3.8, 4) is 0 Å². The Morgan fingerprint density at radius 1 is 1.14 bits per heavy atom. The van der Waals surface area contributed by atoms with Gasteiger partial charge in [0.1, 0.15) is 5.82 Å². The van der Waals surface area contributed by atoms with Gasteiger partial charge in [-0.2, -0.15) is 0 Å². The minimum absolute atomic E-state index is 0.000362. The monoisotopic (exact) mass is 380 g/mol. The molecule has 2 fully saturated rings. The number of carbonyl (C=O) groups is 1. The molecule has 2 aliphatic heterocycles. The van der Waals surface area contributed by atoms with Gasteiger partial charge >= 0.3 is 6.03 Å². The molecule has 0 bridgehead atoms. The summed E-state index contributed by atoms with van der Waals surface area (Å²) in [6.07, 6.45) is 1.04. The fraction of sp³-hybridized carbons (Fsp3) is 0.455. The first-order chi connectivity index (χ1) is 13.7. The number of benzene rings is 1. The van der Waals surface area contributed by atoms with Crippen molar-refractivity contribution in [2.75, 3.05) is 44.3 Å². The molecule has 0 saturated carbocycles. The first-order valence-corrected chi connectivity index (χ1v) is 10.0. The van der Waals surface area contributed by atoms with Crippen molar-refractivity contribution >= 4 is 11.8 Å². The van der Waals surface area contributed by atoms with Gasteiger partial charge in [0.15, 0.2) is 0 Å². The van der Waals surface area contributed by atoms with Crippen LogP contribution in [0.5, 0.6) is 0 Å². The van der Waals surface area contributed by atoms with Crippen molar-refractivity contribution in [2.45, 2.75) is 19.9 Å². The van der Waals surface area contributed by atoms with Gasteiger partial charge in [-0.15, -0.1) is 0 Å². The third-order valence-electron chi connectivity index (χ3n) is 5.56. The summed E-state index contributed by atoms with van der Waals surface area (Å²) in [6.45, 7) is 7.44. The van der Waals surface area contributed by atoms with E-state index in [1.165, 1.54) is 11.1 Å². The SMILES string of the molecule is Cc1ccccc1CC1CN(C(=O)NCc2cccc(N3CCOCC3)n2)C1. The molecule has 1 aromatic heterocycles. The molecule has 2 aliphatic rings. The summed E-state index contributed by atoms with van der Waals surface area (Å²) in [6, 6.07) is 14.5.